The van der Waals surface area contributed by atoms with Crippen LogP contribution in [0.25, 0.3) is 0 Å². The van der Waals surface area contributed by atoms with E-state index in [0.29, 0.717) is 96.6 Å². The molecule has 0 bridgehead atoms. The normalized spacial score (nSPS) is 12.3. The molecule has 0 radical (unpaired) electrons. The van der Waals surface area contributed by atoms with Crippen LogP contribution in [0.3, 0.4) is 0 Å². The molecule has 0 spiro atoms. The van der Waals surface area contributed by atoms with E-state index in [1.807, 2.05) is 19.1 Å². The van der Waals surface area contributed by atoms with Gasteiger partial charge in [0.1, 0.15) is 17.9 Å². The average Bonchev–Trinajstić information content (AvgIpc) is 3.41. The van der Waals surface area contributed by atoms with E-state index in [2.05, 4.69) is 47.4 Å². The fourth-order valence-corrected chi connectivity index (χ4v) is 8.39. The van der Waals surface area contributed by atoms with Crippen LogP contribution in [0.4, 0.5) is 0 Å². The summed E-state index contributed by atoms with van der Waals surface area (Å²) in [6, 6.07) is 17.1. The van der Waals surface area contributed by atoms with E-state index in [9.17, 15) is 28.8 Å². The second kappa shape index (κ2) is 44.7. The fourth-order valence-electron chi connectivity index (χ4n) is 7.68. The Labute approximate surface area is 456 Å². The number of hydrogen-bond donors (Lipinski definition) is 3. The highest BCUT2D eigenvalue weighted by molar-refractivity contribution is 6.76. The number of hydrogen-bond acceptors (Lipinski definition) is 16. The summed E-state index contributed by atoms with van der Waals surface area (Å²) in [5.41, 5.74) is 1.11. The van der Waals surface area contributed by atoms with Gasteiger partial charge in [0.25, 0.3) is 0 Å². The number of nitrogens with zero attached hydrogens (tertiary/aromatic N) is 1. The lowest BCUT2D eigenvalue weighted by atomic mass is 10.0. The maximum atomic E-state index is 13.1. The van der Waals surface area contributed by atoms with Crippen molar-refractivity contribution >= 4 is 43.3 Å². The number of nitrogens with one attached hydrogen (secondary N) is 3. The zero-order valence-electron chi connectivity index (χ0n) is 47.0. The van der Waals surface area contributed by atoms with Gasteiger partial charge in [-0.15, -0.1) is 0 Å². The van der Waals surface area contributed by atoms with Crippen molar-refractivity contribution in [2.24, 2.45) is 0 Å². The monoisotopic (exact) mass is 1080 g/mol. The quantitative estimate of drug-likeness (QED) is 0.0252. The van der Waals surface area contributed by atoms with Crippen LogP contribution in [0.2, 0.25) is 25.7 Å². The summed E-state index contributed by atoms with van der Waals surface area (Å²) in [4.78, 5) is 79.6. The van der Waals surface area contributed by atoms with Crippen molar-refractivity contribution < 1.29 is 61.9 Å². The molecular weight excluding hydrogens is 989 g/mol. The second-order valence-corrected chi connectivity index (χ2v) is 25.8. The van der Waals surface area contributed by atoms with Gasteiger partial charge in [-0.2, -0.15) is 0 Å². The lowest BCUT2D eigenvalue weighted by Crippen LogP contribution is -2.42. The van der Waals surface area contributed by atoms with Crippen molar-refractivity contribution in [3.8, 4) is 0 Å². The third-order valence-electron chi connectivity index (χ3n) is 12.2. The van der Waals surface area contributed by atoms with Crippen molar-refractivity contribution in [2.75, 3.05) is 119 Å². The maximum Gasteiger partial charge on any atom is 0.323 e. The molecule has 0 aliphatic carbocycles. The minimum atomic E-state index is -1.42. The van der Waals surface area contributed by atoms with Gasteiger partial charge in [-0.1, -0.05) is 113 Å². The SMILES string of the molecule is CCCOCCOCCOCCOCCOCCN(CCCCCCC(=O)CCC(NCC(=O)c1ccccc1)C(=O)OCC[Si](C)(C)C)CCCCCNC(=O)CC[C@H](NCC(=O)c1ccccc1)C(=O)OCCC. The fraction of sp³-hybridized carbons (Fsp3) is 0.690. The molecule has 430 valence electrons. The average molecular weight is 1090 g/mol. The van der Waals surface area contributed by atoms with E-state index in [1.165, 1.54) is 0 Å². The lowest BCUT2D eigenvalue weighted by Gasteiger charge is -2.22. The molecular formula is C58H96N4O13Si. The van der Waals surface area contributed by atoms with Gasteiger partial charge < -0.3 is 43.4 Å². The van der Waals surface area contributed by atoms with Gasteiger partial charge in [0.05, 0.1) is 85.8 Å². The summed E-state index contributed by atoms with van der Waals surface area (Å²) >= 11 is 0. The summed E-state index contributed by atoms with van der Waals surface area (Å²) in [7, 11) is -1.42. The van der Waals surface area contributed by atoms with Gasteiger partial charge >= 0.3 is 11.9 Å². The highest BCUT2D eigenvalue weighted by Crippen LogP contribution is 2.13. The molecule has 0 fully saturated rings. The number of esters is 2. The molecule has 3 N–H and O–H groups in total. The molecule has 0 saturated heterocycles. The number of ether oxygens (including phenoxy) is 7. The summed E-state index contributed by atoms with van der Waals surface area (Å²) in [5, 5.41) is 9.07. The number of unbranched alkanes of at least 4 members (excludes halogenated alkanes) is 5. The lowest BCUT2D eigenvalue weighted by molar-refractivity contribution is -0.147. The molecule has 17 nitrogen and oxygen atoms in total. The van der Waals surface area contributed by atoms with Gasteiger partial charge in [0, 0.05) is 58.2 Å². The molecule has 2 aromatic rings. The Morgan fingerprint density at radius 1 is 0.487 bits per heavy atom. The largest absolute Gasteiger partial charge is 0.465 e. The summed E-state index contributed by atoms with van der Waals surface area (Å²) in [6.45, 7) is 19.6. The molecule has 18 heteroatoms. The molecule has 2 aromatic carbocycles. The van der Waals surface area contributed by atoms with Crippen molar-refractivity contribution in [1.29, 1.82) is 0 Å². The third kappa shape index (κ3) is 36.7. The van der Waals surface area contributed by atoms with Crippen molar-refractivity contribution in [3.63, 3.8) is 0 Å². The molecule has 0 aliphatic heterocycles. The molecule has 1 amide bonds. The van der Waals surface area contributed by atoms with E-state index >= 15 is 0 Å². The molecule has 0 aromatic heterocycles. The van der Waals surface area contributed by atoms with Crippen molar-refractivity contribution in [3.05, 3.63) is 71.8 Å². The van der Waals surface area contributed by atoms with Crippen molar-refractivity contribution in [2.45, 2.75) is 142 Å². The number of amides is 1. The van der Waals surface area contributed by atoms with Crippen LogP contribution < -0.4 is 16.0 Å². The summed E-state index contributed by atoms with van der Waals surface area (Å²) in [6.07, 6.45) is 9.22. The zero-order chi connectivity index (χ0) is 55.3. The molecule has 2 rings (SSSR count). The molecule has 76 heavy (non-hydrogen) atoms. The Morgan fingerprint density at radius 2 is 0.934 bits per heavy atom. The highest BCUT2D eigenvalue weighted by atomic mass is 28.3. The van der Waals surface area contributed by atoms with E-state index in [0.717, 1.165) is 83.7 Å². The second-order valence-electron chi connectivity index (χ2n) is 20.2. The predicted molar refractivity (Wildman–Crippen MR) is 300 cm³/mol. The number of benzene rings is 2. The predicted octanol–water partition coefficient (Wildman–Crippen LogP) is 7.66. The van der Waals surface area contributed by atoms with Crippen LogP contribution in [0.5, 0.6) is 0 Å². The first kappa shape index (κ1) is 67.9. The standard InChI is InChI=1S/C58H96N4O13Si/c1-6-34-69-37-39-71-41-43-73-44-42-72-40-38-70-36-33-62(32-20-12-18-30-59-56(66)29-28-53(57(67)74-35-7-2)61-48-55(65)50-23-15-11-16-24-50)31-19-9-8-17-25-51(63)26-27-52(58(68)75-45-46-76(3,4)5)60-47-54(64)49-21-13-10-14-22-49/h10-11,13-16,21-24,52-53,60-61H,6-9,12,17-20,25-48H2,1-5H3,(H,59,66)/t52?,53-/m0/s1. The number of ketones is 3. The van der Waals surface area contributed by atoms with E-state index in [4.69, 9.17) is 33.2 Å². The Hall–Kier alpha value is -4.24. The van der Waals surface area contributed by atoms with E-state index < -0.39 is 32.1 Å². The Morgan fingerprint density at radius 3 is 1.43 bits per heavy atom. The van der Waals surface area contributed by atoms with Crippen LogP contribution >= 0.6 is 0 Å². The smallest absolute Gasteiger partial charge is 0.323 e. The van der Waals surface area contributed by atoms with Crippen molar-refractivity contribution in [1.82, 2.24) is 20.9 Å². The Balaban J connectivity index is 1.78. The zero-order valence-corrected chi connectivity index (χ0v) is 48.0. The highest BCUT2D eigenvalue weighted by Gasteiger charge is 2.24. The Bertz CT molecular complexity index is 1840. The number of rotatable bonds is 51. The Kier molecular flexibility index (Phi) is 39.9. The van der Waals surface area contributed by atoms with Gasteiger partial charge in [-0.25, -0.2) is 0 Å². The van der Waals surface area contributed by atoms with Crippen LogP contribution in [0.1, 0.15) is 124 Å². The minimum absolute atomic E-state index is 0.0202. The maximum absolute atomic E-state index is 13.1. The molecule has 0 heterocycles. The van der Waals surface area contributed by atoms with Crippen LogP contribution in [-0.2, 0) is 52.3 Å². The van der Waals surface area contributed by atoms with E-state index in [-0.39, 0.29) is 68.6 Å². The topological polar surface area (TPSA) is 206 Å². The van der Waals surface area contributed by atoms with Gasteiger partial charge in [-0.05, 0) is 70.5 Å². The summed E-state index contributed by atoms with van der Waals surface area (Å²) in [5.74, 6) is -1.22. The van der Waals surface area contributed by atoms with Crippen LogP contribution in [0, 0.1) is 0 Å². The first-order chi connectivity index (χ1) is 36.8. The first-order valence-corrected chi connectivity index (χ1v) is 31.9. The molecule has 2 atom stereocenters. The minimum Gasteiger partial charge on any atom is -0.465 e. The van der Waals surface area contributed by atoms with E-state index in [1.54, 1.807) is 48.5 Å². The van der Waals surface area contributed by atoms with Gasteiger partial charge in [-0.3, -0.25) is 39.4 Å². The van der Waals surface area contributed by atoms with Gasteiger partial charge in [0.15, 0.2) is 11.6 Å². The number of carbonyl (C=O) groups excluding carboxylic acids is 6. The molecule has 1 unspecified atom stereocenters. The van der Waals surface area contributed by atoms with Crippen LogP contribution in [-0.4, -0.2) is 179 Å². The third-order valence-corrected chi connectivity index (χ3v) is 13.9. The number of Topliss-reactive ketones (excluding diaryl/α,β-unsaturated/α-hetero) is 3. The summed E-state index contributed by atoms with van der Waals surface area (Å²) < 4.78 is 39.1. The first-order valence-electron chi connectivity index (χ1n) is 28.2. The van der Waals surface area contributed by atoms with Crippen LogP contribution in [0.15, 0.2) is 60.7 Å². The molecule has 0 aliphatic rings. The molecule has 0 saturated carbocycles. The van der Waals surface area contributed by atoms with Gasteiger partial charge in [0.2, 0.25) is 5.91 Å². The number of carbonyl (C=O) groups is 6.